The van der Waals surface area contributed by atoms with E-state index in [2.05, 4.69) is 0 Å². The van der Waals surface area contributed by atoms with Gasteiger partial charge >= 0.3 is 5.97 Å². The van der Waals surface area contributed by atoms with Crippen molar-refractivity contribution in [3.63, 3.8) is 0 Å². The van der Waals surface area contributed by atoms with E-state index >= 15 is 0 Å². The lowest BCUT2D eigenvalue weighted by atomic mass is 10.2. The summed E-state index contributed by atoms with van der Waals surface area (Å²) in [7, 11) is 0. The van der Waals surface area contributed by atoms with Crippen molar-refractivity contribution in [1.29, 1.82) is 0 Å². The number of benzene rings is 2. The minimum Gasteiger partial charge on any atom is -0.423 e. The first kappa shape index (κ1) is 15.3. The Bertz CT molecular complexity index is 708. The molecular formula is C16H10Cl2O3. The third kappa shape index (κ3) is 4.45. The average molecular weight is 321 g/mol. The van der Waals surface area contributed by atoms with E-state index in [1.807, 2.05) is 0 Å². The highest BCUT2D eigenvalue weighted by molar-refractivity contribution is 6.35. The van der Waals surface area contributed by atoms with Crippen molar-refractivity contribution < 1.29 is 14.3 Å². The van der Waals surface area contributed by atoms with Gasteiger partial charge in [-0.15, -0.1) is 0 Å². The number of halogens is 2. The molecule has 0 saturated carbocycles. The van der Waals surface area contributed by atoms with Gasteiger partial charge in [0.1, 0.15) is 12.0 Å². The first-order valence-electron chi connectivity index (χ1n) is 5.98. The molecule has 5 heteroatoms. The van der Waals surface area contributed by atoms with Crippen molar-refractivity contribution in [3.05, 3.63) is 69.7 Å². The predicted octanol–water partition coefficient (Wildman–Crippen LogP) is 4.42. The van der Waals surface area contributed by atoms with Crippen LogP contribution in [0.2, 0.25) is 10.0 Å². The van der Waals surface area contributed by atoms with Gasteiger partial charge in [0, 0.05) is 21.7 Å². The molecule has 0 aliphatic carbocycles. The van der Waals surface area contributed by atoms with Crippen LogP contribution in [0.1, 0.15) is 15.9 Å². The van der Waals surface area contributed by atoms with Gasteiger partial charge in [-0.1, -0.05) is 41.4 Å². The Labute approximate surface area is 131 Å². The van der Waals surface area contributed by atoms with Gasteiger partial charge < -0.3 is 4.74 Å². The van der Waals surface area contributed by atoms with Crippen molar-refractivity contribution >= 4 is 41.5 Å². The smallest absolute Gasteiger partial charge is 0.336 e. The van der Waals surface area contributed by atoms with Gasteiger partial charge in [-0.2, -0.15) is 0 Å². The number of ether oxygens (including phenoxy) is 1. The fourth-order valence-electron chi connectivity index (χ4n) is 1.60. The van der Waals surface area contributed by atoms with E-state index in [1.165, 1.54) is 18.2 Å². The largest absolute Gasteiger partial charge is 0.423 e. The Kier molecular flexibility index (Phi) is 5.14. The molecule has 21 heavy (non-hydrogen) atoms. The lowest BCUT2D eigenvalue weighted by Gasteiger charge is -2.02. The highest BCUT2D eigenvalue weighted by Gasteiger charge is 2.03. The van der Waals surface area contributed by atoms with Crippen LogP contribution in [0.5, 0.6) is 5.75 Å². The van der Waals surface area contributed by atoms with Crippen molar-refractivity contribution in [1.82, 2.24) is 0 Å². The quantitative estimate of drug-likeness (QED) is 0.362. The average Bonchev–Trinajstić information content (AvgIpc) is 2.46. The maximum absolute atomic E-state index is 11.7. The minimum absolute atomic E-state index is 0.302. The van der Waals surface area contributed by atoms with E-state index in [0.717, 1.165) is 0 Å². The molecule has 0 aliphatic rings. The maximum Gasteiger partial charge on any atom is 0.336 e. The van der Waals surface area contributed by atoms with Crippen LogP contribution in [0, 0.1) is 0 Å². The third-order valence-electron chi connectivity index (χ3n) is 2.57. The van der Waals surface area contributed by atoms with Crippen molar-refractivity contribution in [3.8, 4) is 5.75 Å². The molecule has 3 nitrogen and oxygen atoms in total. The molecule has 0 spiro atoms. The normalized spacial score (nSPS) is 10.6. The summed E-state index contributed by atoms with van der Waals surface area (Å²) >= 11 is 11.8. The molecular weight excluding hydrogens is 311 g/mol. The van der Waals surface area contributed by atoms with Crippen molar-refractivity contribution in [2.24, 2.45) is 0 Å². The van der Waals surface area contributed by atoms with Crippen LogP contribution in [-0.2, 0) is 4.79 Å². The summed E-state index contributed by atoms with van der Waals surface area (Å²) in [6.07, 6.45) is 3.47. The summed E-state index contributed by atoms with van der Waals surface area (Å²) in [5.41, 5.74) is 1.09. The Hall–Kier alpha value is -2.10. The zero-order valence-electron chi connectivity index (χ0n) is 10.8. The van der Waals surface area contributed by atoms with Crippen LogP contribution in [0.4, 0.5) is 0 Å². The number of esters is 1. The maximum atomic E-state index is 11.7. The van der Waals surface area contributed by atoms with E-state index in [9.17, 15) is 9.59 Å². The van der Waals surface area contributed by atoms with Gasteiger partial charge in [-0.05, 0) is 35.9 Å². The summed E-state index contributed by atoms with van der Waals surface area (Å²) in [5, 5.41) is 0.958. The van der Waals surface area contributed by atoms with Crippen molar-refractivity contribution in [2.45, 2.75) is 0 Å². The molecule has 2 aromatic carbocycles. The SMILES string of the molecule is O=Cc1cccc(OC(=O)/C=C/c2ccc(Cl)cc2Cl)c1. The Morgan fingerprint density at radius 3 is 2.62 bits per heavy atom. The van der Waals surface area contributed by atoms with Crippen LogP contribution >= 0.6 is 23.2 Å². The second-order valence-electron chi connectivity index (χ2n) is 4.11. The van der Waals surface area contributed by atoms with E-state index in [-0.39, 0.29) is 0 Å². The molecule has 0 bridgehead atoms. The standard InChI is InChI=1S/C16H10Cl2O3/c17-13-6-4-12(15(18)9-13)5-7-16(20)21-14-3-1-2-11(8-14)10-19/h1-10H/b7-5+. The monoisotopic (exact) mass is 320 g/mol. The molecule has 0 N–H and O–H groups in total. The summed E-state index contributed by atoms with van der Waals surface area (Å²) < 4.78 is 5.09. The third-order valence-corrected chi connectivity index (χ3v) is 3.14. The zero-order chi connectivity index (χ0) is 15.2. The first-order valence-corrected chi connectivity index (χ1v) is 6.74. The summed E-state index contributed by atoms with van der Waals surface area (Å²) in [6, 6.07) is 11.3. The molecule has 0 heterocycles. The first-order chi connectivity index (χ1) is 10.1. The van der Waals surface area contributed by atoms with Gasteiger partial charge in [0.05, 0.1) is 0 Å². The molecule has 0 atom stereocenters. The highest BCUT2D eigenvalue weighted by atomic mass is 35.5. The molecule has 0 fully saturated rings. The van der Waals surface area contributed by atoms with Crippen LogP contribution in [0.3, 0.4) is 0 Å². The lowest BCUT2D eigenvalue weighted by Crippen LogP contribution is -2.03. The predicted molar refractivity (Wildman–Crippen MR) is 83.0 cm³/mol. The van der Waals surface area contributed by atoms with E-state index < -0.39 is 5.97 Å². The second kappa shape index (κ2) is 7.07. The molecule has 0 radical (unpaired) electrons. The number of hydrogen-bond donors (Lipinski definition) is 0. The number of hydrogen-bond acceptors (Lipinski definition) is 3. The molecule has 0 aliphatic heterocycles. The topological polar surface area (TPSA) is 43.4 Å². The van der Waals surface area contributed by atoms with Crippen LogP contribution in [0.15, 0.2) is 48.5 Å². The Balaban J connectivity index is 2.07. The van der Waals surface area contributed by atoms with Crippen LogP contribution < -0.4 is 4.74 Å². The fraction of sp³-hybridized carbons (Fsp3) is 0. The Morgan fingerprint density at radius 1 is 1.10 bits per heavy atom. The number of carbonyl (C=O) groups excluding carboxylic acids is 2. The number of rotatable bonds is 4. The zero-order valence-corrected chi connectivity index (χ0v) is 12.3. The van der Waals surface area contributed by atoms with Crippen molar-refractivity contribution in [2.75, 3.05) is 0 Å². The molecule has 0 amide bonds. The summed E-state index contributed by atoms with van der Waals surface area (Å²) in [6.45, 7) is 0. The minimum atomic E-state index is -0.566. The van der Waals surface area contributed by atoms with E-state index in [1.54, 1.807) is 36.4 Å². The summed E-state index contributed by atoms with van der Waals surface area (Å²) in [4.78, 5) is 22.3. The molecule has 0 saturated heterocycles. The van der Waals surface area contributed by atoms with Gasteiger partial charge in [0.25, 0.3) is 0 Å². The van der Waals surface area contributed by atoms with Gasteiger partial charge in [0.2, 0.25) is 0 Å². The molecule has 106 valence electrons. The van der Waals surface area contributed by atoms with Gasteiger partial charge in [-0.3, -0.25) is 4.79 Å². The highest BCUT2D eigenvalue weighted by Crippen LogP contribution is 2.22. The molecule has 2 rings (SSSR count). The van der Waals surface area contributed by atoms with E-state index in [0.29, 0.717) is 33.2 Å². The fourth-order valence-corrected chi connectivity index (χ4v) is 2.07. The number of aldehydes is 1. The summed E-state index contributed by atoms with van der Waals surface area (Å²) in [5.74, 6) is -0.263. The second-order valence-corrected chi connectivity index (χ2v) is 4.95. The van der Waals surface area contributed by atoms with Gasteiger partial charge in [-0.25, -0.2) is 4.79 Å². The van der Waals surface area contributed by atoms with Crippen LogP contribution in [0.25, 0.3) is 6.08 Å². The van der Waals surface area contributed by atoms with Crippen LogP contribution in [-0.4, -0.2) is 12.3 Å². The lowest BCUT2D eigenvalue weighted by molar-refractivity contribution is -0.128. The molecule has 0 unspecified atom stereocenters. The number of carbonyl (C=O) groups is 2. The molecule has 0 aromatic heterocycles. The van der Waals surface area contributed by atoms with E-state index in [4.69, 9.17) is 27.9 Å². The Morgan fingerprint density at radius 2 is 1.90 bits per heavy atom. The van der Waals surface area contributed by atoms with Gasteiger partial charge in [0.15, 0.2) is 0 Å². The molecule has 2 aromatic rings.